The molecule has 0 aromatic heterocycles. The van der Waals surface area contributed by atoms with E-state index in [1.54, 1.807) is 24.3 Å². The van der Waals surface area contributed by atoms with Gasteiger partial charge in [-0.25, -0.2) is 9.69 Å². The van der Waals surface area contributed by atoms with E-state index >= 15 is 0 Å². The molecule has 1 aliphatic rings. The predicted octanol–water partition coefficient (Wildman–Crippen LogP) is 0.969. The van der Waals surface area contributed by atoms with Crippen LogP contribution in [-0.2, 0) is 9.53 Å². The van der Waals surface area contributed by atoms with Crippen LogP contribution in [0.4, 0.5) is 0 Å². The first-order valence-corrected chi connectivity index (χ1v) is 4.88. The second-order valence-corrected chi connectivity index (χ2v) is 3.36. The highest BCUT2D eigenvalue weighted by molar-refractivity contribution is 6.22. The van der Waals surface area contributed by atoms with Gasteiger partial charge in [0.1, 0.15) is 0 Å². The molecular formula is C12H9NO4. The number of hydrogen-bond acceptors (Lipinski definition) is 4. The van der Waals surface area contributed by atoms with Crippen LogP contribution in [0.3, 0.4) is 0 Å². The summed E-state index contributed by atoms with van der Waals surface area (Å²) in [5.41, 5.74) is 0.680. The second kappa shape index (κ2) is 4.21. The average Bonchev–Trinajstić information content (AvgIpc) is 2.60. The molecular weight excluding hydrogens is 222 g/mol. The lowest BCUT2D eigenvalue weighted by molar-refractivity contribution is -0.134. The molecule has 0 fully saturated rings. The normalized spacial score (nSPS) is 14.3. The van der Waals surface area contributed by atoms with Crippen molar-refractivity contribution in [1.82, 2.24) is 4.90 Å². The minimum atomic E-state index is -0.624. The summed E-state index contributed by atoms with van der Waals surface area (Å²) in [6.45, 7) is 0. The number of nitrogens with zero attached hydrogens (tertiary/aromatic N) is 1. The molecule has 0 atom stereocenters. The highest BCUT2D eigenvalue weighted by Crippen LogP contribution is 2.22. The molecule has 1 aromatic rings. The molecule has 17 heavy (non-hydrogen) atoms. The number of fused-ring (bicyclic) bond motifs is 1. The first-order chi connectivity index (χ1) is 8.15. The third-order valence-electron chi connectivity index (χ3n) is 2.39. The number of imide groups is 1. The van der Waals surface area contributed by atoms with Crippen molar-refractivity contribution in [2.75, 3.05) is 7.11 Å². The Balaban J connectivity index is 2.31. The number of carbonyl (C=O) groups excluding carboxylic acids is 3. The fourth-order valence-electron chi connectivity index (χ4n) is 1.55. The Hall–Kier alpha value is -2.43. The van der Waals surface area contributed by atoms with Crippen molar-refractivity contribution >= 4 is 17.8 Å². The van der Waals surface area contributed by atoms with Crippen LogP contribution in [0, 0.1) is 0 Å². The summed E-state index contributed by atoms with van der Waals surface area (Å²) in [5.74, 6) is -1.50. The topological polar surface area (TPSA) is 63.7 Å². The minimum Gasteiger partial charge on any atom is -0.466 e. The molecule has 1 aliphatic heterocycles. The monoisotopic (exact) mass is 231 g/mol. The average molecular weight is 231 g/mol. The molecule has 86 valence electrons. The maximum atomic E-state index is 11.8. The van der Waals surface area contributed by atoms with Gasteiger partial charge in [0.25, 0.3) is 11.8 Å². The zero-order valence-corrected chi connectivity index (χ0v) is 9.04. The van der Waals surface area contributed by atoms with Crippen molar-refractivity contribution in [2.24, 2.45) is 0 Å². The molecule has 0 bridgehead atoms. The Labute approximate surface area is 97.3 Å². The van der Waals surface area contributed by atoms with Crippen LogP contribution in [0.15, 0.2) is 36.5 Å². The molecule has 0 N–H and O–H groups in total. The van der Waals surface area contributed by atoms with E-state index in [4.69, 9.17) is 0 Å². The molecule has 0 radical (unpaired) electrons. The van der Waals surface area contributed by atoms with E-state index in [2.05, 4.69) is 4.74 Å². The lowest BCUT2D eigenvalue weighted by Crippen LogP contribution is -2.23. The molecule has 5 heteroatoms. The quantitative estimate of drug-likeness (QED) is 0.432. The van der Waals surface area contributed by atoms with Gasteiger partial charge >= 0.3 is 5.97 Å². The predicted molar refractivity (Wildman–Crippen MR) is 58.1 cm³/mol. The van der Waals surface area contributed by atoms with Crippen molar-refractivity contribution in [3.63, 3.8) is 0 Å². The Kier molecular flexibility index (Phi) is 2.74. The summed E-state index contributed by atoms with van der Waals surface area (Å²) in [6, 6.07) is 6.50. The van der Waals surface area contributed by atoms with Crippen molar-refractivity contribution in [3.8, 4) is 0 Å². The van der Waals surface area contributed by atoms with E-state index in [1.807, 2.05) is 0 Å². The number of benzene rings is 1. The van der Waals surface area contributed by atoms with Crippen molar-refractivity contribution in [2.45, 2.75) is 0 Å². The maximum Gasteiger partial charge on any atom is 0.331 e. The van der Waals surface area contributed by atoms with Crippen LogP contribution in [0.2, 0.25) is 0 Å². The molecule has 1 aromatic carbocycles. The largest absolute Gasteiger partial charge is 0.466 e. The molecule has 0 saturated heterocycles. The highest BCUT2D eigenvalue weighted by Gasteiger charge is 2.33. The number of rotatable bonds is 2. The van der Waals surface area contributed by atoms with E-state index in [1.165, 1.54) is 7.11 Å². The molecule has 0 spiro atoms. The standard InChI is InChI=1S/C12H9NO4/c1-17-10(14)6-7-13-11(15)8-4-2-3-5-9(8)12(13)16/h2-7H,1H3. The smallest absolute Gasteiger partial charge is 0.331 e. The Morgan fingerprint density at radius 1 is 1.18 bits per heavy atom. The van der Waals surface area contributed by atoms with Gasteiger partial charge in [0, 0.05) is 12.3 Å². The van der Waals surface area contributed by atoms with Crippen LogP contribution >= 0.6 is 0 Å². The van der Waals surface area contributed by atoms with Crippen molar-refractivity contribution in [1.29, 1.82) is 0 Å². The number of carbonyl (C=O) groups is 3. The van der Waals surface area contributed by atoms with Gasteiger partial charge in [0.2, 0.25) is 0 Å². The van der Waals surface area contributed by atoms with Crippen molar-refractivity contribution < 1.29 is 19.1 Å². The number of amides is 2. The molecule has 2 rings (SSSR count). The number of hydrogen-bond donors (Lipinski definition) is 0. The number of ether oxygens (including phenoxy) is 1. The molecule has 0 saturated carbocycles. The molecule has 0 aliphatic carbocycles. The Morgan fingerprint density at radius 3 is 2.18 bits per heavy atom. The van der Waals surface area contributed by atoms with E-state index in [9.17, 15) is 14.4 Å². The van der Waals surface area contributed by atoms with Crippen molar-refractivity contribution in [3.05, 3.63) is 47.7 Å². The van der Waals surface area contributed by atoms with Gasteiger partial charge in [-0.2, -0.15) is 0 Å². The van der Waals surface area contributed by atoms with Crippen LogP contribution < -0.4 is 0 Å². The summed E-state index contributed by atoms with van der Waals surface area (Å²) in [5, 5.41) is 0. The molecule has 0 unspecified atom stereocenters. The lowest BCUT2D eigenvalue weighted by Gasteiger charge is -2.05. The molecule has 5 nitrogen and oxygen atoms in total. The maximum absolute atomic E-state index is 11.8. The summed E-state index contributed by atoms with van der Waals surface area (Å²) in [4.78, 5) is 35.4. The van der Waals surface area contributed by atoms with Gasteiger partial charge in [0.15, 0.2) is 0 Å². The molecule has 2 amide bonds. The zero-order valence-electron chi connectivity index (χ0n) is 9.04. The van der Waals surface area contributed by atoms with Crippen LogP contribution in [0.25, 0.3) is 0 Å². The Morgan fingerprint density at radius 2 is 1.71 bits per heavy atom. The SMILES string of the molecule is COC(=O)C=CN1C(=O)c2ccccc2C1=O. The fraction of sp³-hybridized carbons (Fsp3) is 0.0833. The first-order valence-electron chi connectivity index (χ1n) is 4.88. The van der Waals surface area contributed by atoms with E-state index < -0.39 is 17.8 Å². The zero-order chi connectivity index (χ0) is 12.4. The summed E-state index contributed by atoms with van der Waals surface area (Å²) in [6.07, 6.45) is 2.15. The van der Waals surface area contributed by atoms with E-state index in [0.29, 0.717) is 11.1 Å². The fourth-order valence-corrected chi connectivity index (χ4v) is 1.55. The second-order valence-electron chi connectivity index (χ2n) is 3.36. The third-order valence-corrected chi connectivity index (χ3v) is 2.39. The van der Waals surface area contributed by atoms with E-state index in [0.717, 1.165) is 17.2 Å². The molecule has 1 heterocycles. The summed E-state index contributed by atoms with van der Waals surface area (Å²) < 4.78 is 4.38. The number of esters is 1. The van der Waals surface area contributed by atoms with E-state index in [-0.39, 0.29) is 0 Å². The van der Waals surface area contributed by atoms with Crippen LogP contribution in [0.1, 0.15) is 20.7 Å². The van der Waals surface area contributed by atoms with Crippen LogP contribution in [0.5, 0.6) is 0 Å². The van der Waals surface area contributed by atoms with Gasteiger partial charge < -0.3 is 4.74 Å². The highest BCUT2D eigenvalue weighted by atomic mass is 16.5. The van der Waals surface area contributed by atoms with Crippen LogP contribution in [-0.4, -0.2) is 29.8 Å². The Bertz CT molecular complexity index is 498. The van der Waals surface area contributed by atoms with Gasteiger partial charge in [-0.1, -0.05) is 12.1 Å². The van der Waals surface area contributed by atoms with Gasteiger partial charge in [-0.3, -0.25) is 9.59 Å². The number of methoxy groups -OCH3 is 1. The summed E-state index contributed by atoms with van der Waals surface area (Å²) in [7, 11) is 1.22. The lowest BCUT2D eigenvalue weighted by atomic mass is 10.1. The third kappa shape index (κ3) is 1.82. The summed E-state index contributed by atoms with van der Waals surface area (Å²) >= 11 is 0. The van der Waals surface area contributed by atoms with Gasteiger partial charge in [-0.15, -0.1) is 0 Å². The minimum absolute atomic E-state index is 0.340. The first kappa shape index (κ1) is 11.1. The van der Waals surface area contributed by atoms with Gasteiger partial charge in [0.05, 0.1) is 18.2 Å². The van der Waals surface area contributed by atoms with Gasteiger partial charge in [-0.05, 0) is 12.1 Å².